The van der Waals surface area contributed by atoms with Crippen LogP contribution in [0.15, 0.2) is 0 Å². The fraction of sp³-hybridized carbons (Fsp3) is 0.900. The Labute approximate surface area is 102 Å². The molecule has 0 aliphatic heterocycles. The molecule has 94 valence electrons. The van der Waals surface area contributed by atoms with Crippen molar-refractivity contribution in [1.29, 1.82) is 0 Å². The van der Waals surface area contributed by atoms with E-state index in [1.54, 1.807) is 6.92 Å². The van der Waals surface area contributed by atoms with Crippen LogP contribution in [0.5, 0.6) is 0 Å². The second kappa shape index (κ2) is 4.92. The van der Waals surface area contributed by atoms with E-state index < -0.39 is 20.0 Å². The summed E-state index contributed by atoms with van der Waals surface area (Å²) in [7, 11) is -3.14. The molecule has 1 saturated carbocycles. The van der Waals surface area contributed by atoms with Crippen molar-refractivity contribution in [2.45, 2.75) is 42.7 Å². The number of hydrogen-bond acceptors (Lipinski definition) is 3. The zero-order valence-corrected chi connectivity index (χ0v) is 11.2. The number of hydrogen-bond donors (Lipinski definition) is 1. The Morgan fingerprint density at radius 2 is 1.94 bits per heavy atom. The van der Waals surface area contributed by atoms with Crippen molar-refractivity contribution < 1.29 is 13.2 Å². The second-order valence-electron chi connectivity index (χ2n) is 4.50. The highest BCUT2D eigenvalue weighted by atomic mass is 35.5. The number of rotatable bonds is 4. The first-order chi connectivity index (χ1) is 7.28. The van der Waals surface area contributed by atoms with Gasteiger partial charge in [-0.05, 0) is 19.8 Å². The lowest BCUT2D eigenvalue weighted by atomic mass is 10.1. The highest BCUT2D eigenvalue weighted by Gasteiger charge is 2.43. The number of nitrogens with one attached hydrogen (secondary N) is 1. The van der Waals surface area contributed by atoms with Crippen molar-refractivity contribution in [3.63, 3.8) is 0 Å². The lowest BCUT2D eigenvalue weighted by Crippen LogP contribution is -2.47. The number of alkyl halides is 1. The van der Waals surface area contributed by atoms with Crippen molar-refractivity contribution in [1.82, 2.24) is 5.32 Å². The Morgan fingerprint density at radius 1 is 1.44 bits per heavy atom. The van der Waals surface area contributed by atoms with E-state index in [2.05, 4.69) is 5.32 Å². The van der Waals surface area contributed by atoms with Gasteiger partial charge in [-0.25, -0.2) is 8.42 Å². The molecule has 0 radical (unpaired) electrons. The van der Waals surface area contributed by atoms with Crippen molar-refractivity contribution in [3.8, 4) is 0 Å². The summed E-state index contributed by atoms with van der Waals surface area (Å²) < 4.78 is 22.7. The standard InChI is InChI=1S/C10H18ClNO3S/c1-8(11)9(13)12-7-10(16(2,14)15)5-3-4-6-10/h8H,3-7H2,1-2H3,(H,12,13). The highest BCUT2D eigenvalue weighted by Crippen LogP contribution is 2.35. The molecular formula is C10H18ClNO3S. The largest absolute Gasteiger partial charge is 0.353 e. The Kier molecular flexibility index (Phi) is 4.23. The quantitative estimate of drug-likeness (QED) is 0.776. The smallest absolute Gasteiger partial charge is 0.237 e. The number of carbonyl (C=O) groups is 1. The van der Waals surface area contributed by atoms with Crippen LogP contribution in [0.25, 0.3) is 0 Å². The molecule has 6 heteroatoms. The predicted octanol–water partition coefficient (Wildman–Crippen LogP) is 1.09. The van der Waals surface area contributed by atoms with Gasteiger partial charge >= 0.3 is 0 Å². The zero-order chi connectivity index (χ0) is 12.4. The summed E-state index contributed by atoms with van der Waals surface area (Å²) in [5.41, 5.74) is 0. The van der Waals surface area contributed by atoms with E-state index >= 15 is 0 Å². The van der Waals surface area contributed by atoms with Crippen LogP contribution in [0.2, 0.25) is 0 Å². The summed E-state index contributed by atoms with van der Waals surface area (Å²) in [6, 6.07) is 0. The minimum atomic E-state index is -3.14. The molecule has 1 aliphatic carbocycles. The number of amides is 1. The Balaban J connectivity index is 2.71. The minimum absolute atomic E-state index is 0.182. The summed E-state index contributed by atoms with van der Waals surface area (Å²) in [4.78, 5) is 11.3. The fourth-order valence-electron chi connectivity index (χ4n) is 2.09. The third-order valence-corrected chi connectivity index (χ3v) is 5.57. The maximum Gasteiger partial charge on any atom is 0.237 e. The molecule has 1 aliphatic rings. The van der Waals surface area contributed by atoms with E-state index in [-0.39, 0.29) is 12.5 Å². The molecule has 1 rings (SSSR count). The van der Waals surface area contributed by atoms with E-state index in [0.29, 0.717) is 12.8 Å². The zero-order valence-electron chi connectivity index (χ0n) is 9.62. The van der Waals surface area contributed by atoms with Gasteiger partial charge < -0.3 is 5.32 Å². The lowest BCUT2D eigenvalue weighted by Gasteiger charge is -2.27. The van der Waals surface area contributed by atoms with Gasteiger partial charge in [-0.15, -0.1) is 11.6 Å². The van der Waals surface area contributed by atoms with Crippen molar-refractivity contribution in [2.24, 2.45) is 0 Å². The average molecular weight is 268 g/mol. The van der Waals surface area contributed by atoms with Gasteiger partial charge in [0.05, 0.1) is 4.75 Å². The van der Waals surface area contributed by atoms with Crippen LogP contribution >= 0.6 is 11.6 Å². The van der Waals surface area contributed by atoms with Crippen molar-refractivity contribution in [2.75, 3.05) is 12.8 Å². The number of sulfone groups is 1. The van der Waals surface area contributed by atoms with Crippen LogP contribution in [0.1, 0.15) is 32.6 Å². The fourth-order valence-corrected chi connectivity index (χ4v) is 3.53. The first kappa shape index (κ1) is 13.8. The Morgan fingerprint density at radius 3 is 2.31 bits per heavy atom. The molecule has 1 atom stereocenters. The maximum atomic E-state index is 11.8. The van der Waals surface area contributed by atoms with Gasteiger partial charge in [0.1, 0.15) is 5.38 Å². The van der Waals surface area contributed by atoms with Gasteiger partial charge in [0.25, 0.3) is 0 Å². The van der Waals surface area contributed by atoms with Crippen LogP contribution in [0, 0.1) is 0 Å². The summed E-state index contributed by atoms with van der Waals surface area (Å²) >= 11 is 5.61. The summed E-state index contributed by atoms with van der Waals surface area (Å²) in [6.07, 6.45) is 4.30. The van der Waals surface area contributed by atoms with E-state index in [9.17, 15) is 13.2 Å². The molecule has 1 amide bonds. The first-order valence-corrected chi connectivity index (χ1v) is 7.73. The summed E-state index contributed by atoms with van der Waals surface area (Å²) in [6.45, 7) is 1.75. The predicted molar refractivity (Wildman–Crippen MR) is 64.4 cm³/mol. The second-order valence-corrected chi connectivity index (χ2v) is 7.56. The summed E-state index contributed by atoms with van der Waals surface area (Å²) in [5, 5.41) is 1.99. The van der Waals surface area contributed by atoms with Crippen LogP contribution in [0.4, 0.5) is 0 Å². The first-order valence-electron chi connectivity index (χ1n) is 5.40. The number of carbonyl (C=O) groups excluding carboxylic acids is 1. The van der Waals surface area contributed by atoms with E-state index in [4.69, 9.17) is 11.6 Å². The van der Waals surface area contributed by atoms with E-state index in [1.807, 2.05) is 0 Å². The molecule has 0 aromatic rings. The normalized spacial score (nSPS) is 21.7. The van der Waals surface area contributed by atoms with Gasteiger partial charge in [0.15, 0.2) is 9.84 Å². The topological polar surface area (TPSA) is 63.2 Å². The molecule has 16 heavy (non-hydrogen) atoms. The van der Waals surface area contributed by atoms with Gasteiger partial charge in [-0.1, -0.05) is 12.8 Å². The highest BCUT2D eigenvalue weighted by molar-refractivity contribution is 7.92. The van der Waals surface area contributed by atoms with E-state index in [0.717, 1.165) is 12.8 Å². The van der Waals surface area contributed by atoms with Gasteiger partial charge in [-0.2, -0.15) is 0 Å². The monoisotopic (exact) mass is 267 g/mol. The molecule has 1 N–H and O–H groups in total. The molecule has 0 spiro atoms. The molecular weight excluding hydrogens is 250 g/mol. The molecule has 1 unspecified atom stereocenters. The van der Waals surface area contributed by atoms with Crippen molar-refractivity contribution in [3.05, 3.63) is 0 Å². The molecule has 0 aromatic carbocycles. The summed E-state index contributed by atoms with van der Waals surface area (Å²) in [5.74, 6) is -0.309. The Hall–Kier alpha value is -0.290. The number of halogens is 1. The third-order valence-electron chi connectivity index (χ3n) is 3.25. The molecule has 0 heterocycles. The van der Waals surface area contributed by atoms with Gasteiger partial charge in [-0.3, -0.25) is 4.79 Å². The lowest BCUT2D eigenvalue weighted by molar-refractivity contribution is -0.120. The maximum absolute atomic E-state index is 11.8. The van der Waals surface area contributed by atoms with Crippen molar-refractivity contribution >= 4 is 27.3 Å². The average Bonchev–Trinajstić information content (AvgIpc) is 2.62. The van der Waals surface area contributed by atoms with Crippen LogP contribution < -0.4 is 5.32 Å². The molecule has 0 bridgehead atoms. The minimum Gasteiger partial charge on any atom is -0.353 e. The molecule has 0 saturated heterocycles. The van der Waals surface area contributed by atoms with E-state index in [1.165, 1.54) is 6.26 Å². The molecule has 1 fully saturated rings. The Bertz CT molecular complexity index is 358. The SMILES string of the molecule is CC(Cl)C(=O)NCC1(S(C)(=O)=O)CCCC1. The van der Waals surface area contributed by atoms with Crippen LogP contribution in [-0.2, 0) is 14.6 Å². The molecule has 4 nitrogen and oxygen atoms in total. The third kappa shape index (κ3) is 2.88. The van der Waals surface area contributed by atoms with Gasteiger partial charge in [0.2, 0.25) is 5.91 Å². The molecule has 0 aromatic heterocycles. The van der Waals surface area contributed by atoms with Crippen LogP contribution in [-0.4, -0.2) is 37.2 Å². The van der Waals surface area contributed by atoms with Crippen LogP contribution in [0.3, 0.4) is 0 Å². The van der Waals surface area contributed by atoms with Gasteiger partial charge in [0, 0.05) is 12.8 Å².